The number of carboxylic acid groups (broad SMARTS) is 1. The zero-order valence-electron chi connectivity index (χ0n) is 9.74. The molecule has 19 heavy (non-hydrogen) atoms. The quantitative estimate of drug-likeness (QED) is 0.870. The van der Waals surface area contributed by atoms with Gasteiger partial charge in [-0.2, -0.15) is 0 Å². The number of rotatable bonds is 4. The molecule has 2 N–H and O–H groups in total. The van der Waals surface area contributed by atoms with Gasteiger partial charge in [0.05, 0.1) is 5.56 Å². The van der Waals surface area contributed by atoms with Crippen molar-refractivity contribution in [3.8, 4) is 0 Å². The van der Waals surface area contributed by atoms with E-state index in [9.17, 15) is 9.59 Å². The standard InChI is InChI=1S/C11H10N4O3S/c16-9(17)6-1-4-8(12-5-6)19-11-14-13-10(18)15(11)7-2-3-7/h1,4-5,7H,2-3H2,(H,13,18)(H,16,17). The summed E-state index contributed by atoms with van der Waals surface area (Å²) in [5, 5.41) is 16.3. The molecule has 0 aromatic carbocycles. The number of aromatic carboxylic acids is 1. The topological polar surface area (TPSA) is 101 Å². The van der Waals surface area contributed by atoms with Crippen molar-refractivity contribution in [1.29, 1.82) is 0 Å². The van der Waals surface area contributed by atoms with Crippen molar-refractivity contribution in [3.63, 3.8) is 0 Å². The summed E-state index contributed by atoms with van der Waals surface area (Å²) in [5.41, 5.74) is -0.0851. The molecule has 2 aromatic heterocycles. The van der Waals surface area contributed by atoms with E-state index in [0.717, 1.165) is 12.8 Å². The van der Waals surface area contributed by atoms with Crippen LogP contribution >= 0.6 is 11.8 Å². The number of hydrogen-bond acceptors (Lipinski definition) is 5. The molecular formula is C11H10N4O3S. The highest BCUT2D eigenvalue weighted by molar-refractivity contribution is 7.99. The van der Waals surface area contributed by atoms with Gasteiger partial charge in [-0.05, 0) is 36.7 Å². The largest absolute Gasteiger partial charge is 0.478 e. The Labute approximate surface area is 111 Å². The van der Waals surface area contributed by atoms with Crippen LogP contribution in [0.5, 0.6) is 0 Å². The summed E-state index contributed by atoms with van der Waals surface area (Å²) >= 11 is 1.24. The van der Waals surface area contributed by atoms with Gasteiger partial charge in [0.2, 0.25) is 0 Å². The van der Waals surface area contributed by atoms with E-state index >= 15 is 0 Å². The Balaban J connectivity index is 1.85. The van der Waals surface area contributed by atoms with Crippen LogP contribution in [0.25, 0.3) is 0 Å². The third kappa shape index (κ3) is 2.39. The van der Waals surface area contributed by atoms with Crippen LogP contribution < -0.4 is 5.69 Å². The summed E-state index contributed by atoms with van der Waals surface area (Å²) in [4.78, 5) is 26.3. The molecule has 1 fully saturated rings. The second kappa shape index (κ2) is 4.54. The van der Waals surface area contributed by atoms with E-state index in [1.54, 1.807) is 10.6 Å². The first-order valence-electron chi connectivity index (χ1n) is 5.69. The number of hydrogen-bond donors (Lipinski definition) is 2. The summed E-state index contributed by atoms with van der Waals surface area (Å²) in [5.74, 6) is -1.02. The van der Waals surface area contributed by atoms with Crippen molar-refractivity contribution in [2.75, 3.05) is 0 Å². The minimum atomic E-state index is -1.02. The first-order valence-corrected chi connectivity index (χ1v) is 6.51. The van der Waals surface area contributed by atoms with Crippen LogP contribution in [0.3, 0.4) is 0 Å². The zero-order valence-corrected chi connectivity index (χ0v) is 10.6. The Morgan fingerprint density at radius 3 is 2.84 bits per heavy atom. The van der Waals surface area contributed by atoms with E-state index in [1.165, 1.54) is 24.0 Å². The molecule has 0 unspecified atom stereocenters. The average Bonchev–Trinajstić information content (AvgIpc) is 3.16. The highest BCUT2D eigenvalue weighted by Gasteiger charge is 2.28. The predicted octanol–water partition coefficient (Wildman–Crippen LogP) is 1.15. The zero-order chi connectivity index (χ0) is 13.4. The number of nitrogens with zero attached hydrogens (tertiary/aromatic N) is 3. The van der Waals surface area contributed by atoms with Gasteiger partial charge in [0, 0.05) is 12.2 Å². The molecule has 0 radical (unpaired) electrons. The molecule has 2 aromatic rings. The smallest absolute Gasteiger partial charge is 0.344 e. The van der Waals surface area contributed by atoms with Gasteiger partial charge in [0.1, 0.15) is 5.03 Å². The molecule has 8 heteroatoms. The monoisotopic (exact) mass is 278 g/mol. The molecule has 0 aliphatic heterocycles. The maximum atomic E-state index is 11.6. The Bertz CT molecular complexity index is 672. The number of carboxylic acids is 1. The van der Waals surface area contributed by atoms with Gasteiger partial charge in [0.25, 0.3) is 0 Å². The van der Waals surface area contributed by atoms with E-state index < -0.39 is 5.97 Å². The number of aromatic amines is 1. The third-order valence-electron chi connectivity index (χ3n) is 2.76. The number of H-pyrrole nitrogens is 1. The predicted molar refractivity (Wildman–Crippen MR) is 66.4 cm³/mol. The first-order chi connectivity index (χ1) is 9.15. The van der Waals surface area contributed by atoms with Gasteiger partial charge in [0.15, 0.2) is 5.16 Å². The van der Waals surface area contributed by atoms with Crippen LogP contribution in [-0.2, 0) is 0 Å². The maximum absolute atomic E-state index is 11.6. The molecule has 0 atom stereocenters. The fourth-order valence-corrected chi connectivity index (χ4v) is 2.53. The lowest BCUT2D eigenvalue weighted by Crippen LogP contribution is -2.16. The molecule has 2 heterocycles. The fourth-order valence-electron chi connectivity index (χ4n) is 1.68. The number of pyridine rings is 1. The number of nitrogens with one attached hydrogen (secondary N) is 1. The molecule has 7 nitrogen and oxygen atoms in total. The minimum Gasteiger partial charge on any atom is -0.478 e. The molecule has 1 saturated carbocycles. The number of carbonyl (C=O) groups is 1. The van der Waals surface area contributed by atoms with Crippen molar-refractivity contribution in [1.82, 2.24) is 19.7 Å². The van der Waals surface area contributed by atoms with Gasteiger partial charge in [-0.15, -0.1) is 5.10 Å². The molecule has 0 bridgehead atoms. The van der Waals surface area contributed by atoms with Crippen molar-refractivity contribution >= 4 is 17.7 Å². The van der Waals surface area contributed by atoms with Crippen LogP contribution in [0.15, 0.2) is 33.3 Å². The maximum Gasteiger partial charge on any atom is 0.344 e. The highest BCUT2D eigenvalue weighted by atomic mass is 32.2. The molecule has 98 valence electrons. The van der Waals surface area contributed by atoms with Crippen LogP contribution in [0, 0.1) is 0 Å². The van der Waals surface area contributed by atoms with Gasteiger partial charge in [-0.1, -0.05) is 0 Å². The normalized spacial score (nSPS) is 14.5. The second-order valence-corrected chi connectivity index (χ2v) is 5.19. The average molecular weight is 278 g/mol. The molecular weight excluding hydrogens is 268 g/mol. The van der Waals surface area contributed by atoms with E-state index in [-0.39, 0.29) is 17.3 Å². The van der Waals surface area contributed by atoms with Crippen molar-refractivity contribution < 1.29 is 9.90 Å². The van der Waals surface area contributed by atoms with E-state index in [4.69, 9.17) is 5.11 Å². The van der Waals surface area contributed by atoms with Crippen LogP contribution in [0.2, 0.25) is 0 Å². The Hall–Kier alpha value is -2.09. The first kappa shape index (κ1) is 12.0. The van der Waals surface area contributed by atoms with Gasteiger partial charge < -0.3 is 5.11 Å². The number of aromatic nitrogens is 4. The summed E-state index contributed by atoms with van der Waals surface area (Å²) in [7, 11) is 0. The molecule has 1 aliphatic carbocycles. The van der Waals surface area contributed by atoms with Gasteiger partial charge in [-0.3, -0.25) is 4.57 Å². The Morgan fingerprint density at radius 1 is 1.47 bits per heavy atom. The fraction of sp³-hybridized carbons (Fsp3) is 0.273. The summed E-state index contributed by atoms with van der Waals surface area (Å²) < 4.78 is 1.62. The van der Waals surface area contributed by atoms with Crippen LogP contribution in [0.1, 0.15) is 29.2 Å². The highest BCUT2D eigenvalue weighted by Crippen LogP contribution is 2.37. The van der Waals surface area contributed by atoms with Gasteiger partial charge in [-0.25, -0.2) is 19.7 Å². The van der Waals surface area contributed by atoms with E-state index in [1.807, 2.05) is 0 Å². The van der Waals surface area contributed by atoms with Crippen LogP contribution in [0.4, 0.5) is 0 Å². The van der Waals surface area contributed by atoms with E-state index in [0.29, 0.717) is 10.2 Å². The summed E-state index contributed by atoms with van der Waals surface area (Å²) in [6.45, 7) is 0. The Kier molecular flexibility index (Phi) is 2.86. The van der Waals surface area contributed by atoms with Crippen LogP contribution in [-0.4, -0.2) is 30.8 Å². The second-order valence-electron chi connectivity index (χ2n) is 4.20. The molecule has 0 saturated heterocycles. The Morgan fingerprint density at radius 2 is 2.26 bits per heavy atom. The van der Waals surface area contributed by atoms with E-state index in [2.05, 4.69) is 15.2 Å². The van der Waals surface area contributed by atoms with Crippen molar-refractivity contribution in [2.24, 2.45) is 0 Å². The van der Waals surface area contributed by atoms with Crippen molar-refractivity contribution in [3.05, 3.63) is 34.4 Å². The molecule has 0 amide bonds. The lowest BCUT2D eigenvalue weighted by atomic mass is 10.3. The summed E-state index contributed by atoms with van der Waals surface area (Å²) in [6.07, 6.45) is 3.26. The summed E-state index contributed by atoms with van der Waals surface area (Å²) in [6, 6.07) is 3.31. The SMILES string of the molecule is O=C(O)c1ccc(Sc2n[nH]c(=O)n2C2CC2)nc1. The third-order valence-corrected chi connectivity index (χ3v) is 3.68. The molecule has 1 aliphatic rings. The lowest BCUT2D eigenvalue weighted by Gasteiger charge is -2.02. The van der Waals surface area contributed by atoms with Gasteiger partial charge >= 0.3 is 11.7 Å². The molecule has 0 spiro atoms. The van der Waals surface area contributed by atoms with Crippen molar-refractivity contribution in [2.45, 2.75) is 29.1 Å². The lowest BCUT2D eigenvalue weighted by molar-refractivity contribution is 0.0696. The minimum absolute atomic E-state index is 0.131. The molecule has 3 rings (SSSR count).